The van der Waals surface area contributed by atoms with Crippen LogP contribution in [0, 0.1) is 13.8 Å². The van der Waals surface area contributed by atoms with E-state index < -0.39 is 11.7 Å². The number of nitrogens with zero attached hydrogens (tertiary/aromatic N) is 3. The molecule has 0 aromatic heterocycles. The van der Waals surface area contributed by atoms with E-state index in [0.29, 0.717) is 35.1 Å². The van der Waals surface area contributed by atoms with Crippen molar-refractivity contribution in [3.05, 3.63) is 46.7 Å². The number of benzene rings is 1. The number of hydrazone groups is 1. The molecule has 0 amide bonds. The summed E-state index contributed by atoms with van der Waals surface area (Å²) < 4.78 is 39.3. The minimum atomic E-state index is -4.39. The minimum Gasteiger partial charge on any atom is -0.331 e. The molecule has 162 valence electrons. The summed E-state index contributed by atoms with van der Waals surface area (Å²) >= 11 is 0. The number of piperidine rings is 1. The molecule has 2 rings (SSSR count). The second-order valence-corrected chi connectivity index (χ2v) is 7.67. The zero-order valence-corrected chi connectivity index (χ0v) is 17.7. The lowest BCUT2D eigenvalue weighted by Gasteiger charge is -2.33. The van der Waals surface area contributed by atoms with Crippen molar-refractivity contribution in [2.45, 2.75) is 45.8 Å². The van der Waals surface area contributed by atoms with Crippen molar-refractivity contribution in [3.8, 4) is 0 Å². The standard InChI is InChI=1S/C21H32F3N5/c1-6-29-9-7-8-18(13-29)26-12-16(4)28(5)20(27-25)19-14(2)10-17(11-15(19)3)21(22,23)24/h10-11,18,26H,4,6-9,12-13,25H2,1-3,5H3/b27-20-. The lowest BCUT2D eigenvalue weighted by Crippen LogP contribution is -2.47. The number of nitrogens with one attached hydrogen (secondary N) is 1. The van der Waals surface area contributed by atoms with E-state index in [1.165, 1.54) is 0 Å². The van der Waals surface area contributed by atoms with E-state index in [1.54, 1.807) is 25.8 Å². The summed E-state index contributed by atoms with van der Waals surface area (Å²) in [6.07, 6.45) is -2.12. The monoisotopic (exact) mass is 411 g/mol. The highest BCUT2D eigenvalue weighted by Crippen LogP contribution is 2.32. The van der Waals surface area contributed by atoms with Crippen molar-refractivity contribution in [2.75, 3.05) is 33.2 Å². The van der Waals surface area contributed by atoms with E-state index >= 15 is 0 Å². The van der Waals surface area contributed by atoms with Crippen LogP contribution in [0.1, 0.15) is 42.0 Å². The SMILES string of the molecule is C=C(CNC1CCCN(CC)C1)N(C)/C(=N\N)c1c(C)cc(C(F)(F)F)cc1C. The number of amidine groups is 1. The Hall–Kier alpha value is -2.06. The number of rotatable bonds is 6. The zero-order chi connectivity index (χ0) is 21.8. The molecular formula is C21H32F3N5. The molecule has 0 aliphatic carbocycles. The van der Waals surface area contributed by atoms with Crippen LogP contribution in [0.3, 0.4) is 0 Å². The predicted octanol–water partition coefficient (Wildman–Crippen LogP) is 3.46. The second-order valence-electron chi connectivity index (χ2n) is 7.67. The first-order valence-corrected chi connectivity index (χ1v) is 9.92. The molecule has 0 saturated carbocycles. The quantitative estimate of drug-likeness (QED) is 0.326. The maximum atomic E-state index is 13.1. The molecule has 29 heavy (non-hydrogen) atoms. The van der Waals surface area contributed by atoms with E-state index in [0.717, 1.165) is 50.3 Å². The number of halogens is 3. The van der Waals surface area contributed by atoms with Gasteiger partial charge < -0.3 is 21.0 Å². The number of likely N-dealkylation sites (tertiary alicyclic amines) is 1. The van der Waals surface area contributed by atoms with E-state index in [1.807, 2.05) is 0 Å². The predicted molar refractivity (Wildman–Crippen MR) is 112 cm³/mol. The van der Waals surface area contributed by atoms with Gasteiger partial charge in [0.2, 0.25) is 0 Å². The number of hydrogen-bond acceptors (Lipinski definition) is 4. The van der Waals surface area contributed by atoms with Crippen LogP contribution in [0.2, 0.25) is 0 Å². The van der Waals surface area contributed by atoms with E-state index in [4.69, 9.17) is 5.84 Å². The minimum absolute atomic E-state index is 0.390. The van der Waals surface area contributed by atoms with Gasteiger partial charge in [0, 0.05) is 37.4 Å². The average molecular weight is 412 g/mol. The Morgan fingerprint density at radius 1 is 1.34 bits per heavy atom. The zero-order valence-electron chi connectivity index (χ0n) is 17.7. The summed E-state index contributed by atoms with van der Waals surface area (Å²) in [6.45, 7) is 13.3. The van der Waals surface area contributed by atoms with E-state index in [-0.39, 0.29) is 0 Å². The summed E-state index contributed by atoms with van der Waals surface area (Å²) in [4.78, 5) is 4.16. The van der Waals surface area contributed by atoms with Crippen LogP contribution in [0.25, 0.3) is 0 Å². The van der Waals surface area contributed by atoms with Gasteiger partial charge in [-0.05, 0) is 63.0 Å². The topological polar surface area (TPSA) is 56.9 Å². The summed E-state index contributed by atoms with van der Waals surface area (Å²) in [6, 6.07) is 2.65. The molecule has 5 nitrogen and oxygen atoms in total. The first-order chi connectivity index (χ1) is 13.6. The fraction of sp³-hybridized carbons (Fsp3) is 0.571. The maximum absolute atomic E-state index is 13.1. The molecule has 0 bridgehead atoms. The van der Waals surface area contributed by atoms with Crippen LogP contribution in [-0.2, 0) is 6.18 Å². The number of hydrogen-bond donors (Lipinski definition) is 2. The third-order valence-corrected chi connectivity index (χ3v) is 5.55. The van der Waals surface area contributed by atoms with Crippen molar-refractivity contribution < 1.29 is 13.2 Å². The molecule has 1 aliphatic heterocycles. The lowest BCUT2D eigenvalue weighted by atomic mass is 9.97. The molecule has 1 unspecified atom stereocenters. The van der Waals surface area contributed by atoms with Gasteiger partial charge in [0.25, 0.3) is 0 Å². The molecule has 0 spiro atoms. The Kier molecular flexibility index (Phi) is 7.71. The highest BCUT2D eigenvalue weighted by Gasteiger charge is 2.32. The smallest absolute Gasteiger partial charge is 0.331 e. The normalized spacial score (nSPS) is 18.7. The largest absolute Gasteiger partial charge is 0.416 e. The highest BCUT2D eigenvalue weighted by molar-refractivity contribution is 6.02. The third kappa shape index (κ3) is 5.73. The van der Waals surface area contributed by atoms with Gasteiger partial charge in [0.05, 0.1) is 5.56 Å². The van der Waals surface area contributed by atoms with Crippen molar-refractivity contribution >= 4 is 5.84 Å². The molecule has 1 heterocycles. The van der Waals surface area contributed by atoms with Gasteiger partial charge >= 0.3 is 6.18 Å². The lowest BCUT2D eigenvalue weighted by molar-refractivity contribution is -0.137. The van der Waals surface area contributed by atoms with Crippen molar-refractivity contribution in [1.29, 1.82) is 0 Å². The first kappa shape index (κ1) is 23.2. The highest BCUT2D eigenvalue weighted by atomic mass is 19.4. The molecule has 3 N–H and O–H groups in total. The summed E-state index contributed by atoms with van der Waals surface area (Å²) in [5, 5.41) is 7.41. The summed E-state index contributed by atoms with van der Waals surface area (Å²) in [7, 11) is 1.78. The summed E-state index contributed by atoms with van der Waals surface area (Å²) in [5.41, 5.74) is 1.62. The molecule has 8 heteroatoms. The van der Waals surface area contributed by atoms with Gasteiger partial charge in [-0.15, -0.1) is 0 Å². The molecule has 1 aromatic carbocycles. The Morgan fingerprint density at radius 2 is 1.97 bits per heavy atom. The number of likely N-dealkylation sites (N-methyl/N-ethyl adjacent to an activating group) is 2. The van der Waals surface area contributed by atoms with Crippen LogP contribution < -0.4 is 11.2 Å². The molecule has 1 aliphatic rings. The van der Waals surface area contributed by atoms with Crippen molar-refractivity contribution in [3.63, 3.8) is 0 Å². The molecule has 0 radical (unpaired) electrons. The van der Waals surface area contributed by atoms with Crippen LogP contribution in [0.4, 0.5) is 13.2 Å². The second kappa shape index (κ2) is 9.63. The molecular weight excluding hydrogens is 379 g/mol. The van der Waals surface area contributed by atoms with Crippen LogP contribution in [0.15, 0.2) is 29.5 Å². The third-order valence-electron chi connectivity index (χ3n) is 5.55. The average Bonchev–Trinajstić information content (AvgIpc) is 2.67. The Labute approximate surface area is 171 Å². The molecule has 1 atom stereocenters. The van der Waals surface area contributed by atoms with Crippen molar-refractivity contribution in [1.82, 2.24) is 15.1 Å². The molecule has 1 aromatic rings. The maximum Gasteiger partial charge on any atom is 0.416 e. The van der Waals surface area contributed by atoms with E-state index in [9.17, 15) is 13.2 Å². The fourth-order valence-electron chi connectivity index (χ4n) is 3.84. The van der Waals surface area contributed by atoms with E-state index in [2.05, 4.69) is 28.8 Å². The van der Waals surface area contributed by atoms with Crippen molar-refractivity contribution in [2.24, 2.45) is 10.9 Å². The van der Waals surface area contributed by atoms with Crippen LogP contribution >= 0.6 is 0 Å². The number of nitrogens with two attached hydrogens (primary N) is 1. The fourth-order valence-corrected chi connectivity index (χ4v) is 3.84. The van der Waals surface area contributed by atoms with Crippen LogP contribution in [0.5, 0.6) is 0 Å². The summed E-state index contributed by atoms with van der Waals surface area (Å²) in [5.74, 6) is 6.04. The first-order valence-electron chi connectivity index (χ1n) is 9.92. The van der Waals surface area contributed by atoms with Gasteiger partial charge in [-0.3, -0.25) is 0 Å². The molecule has 1 fully saturated rings. The molecule has 1 saturated heterocycles. The Balaban J connectivity index is 2.12. The van der Waals surface area contributed by atoms with Gasteiger partial charge in [0.15, 0.2) is 5.84 Å². The number of alkyl halides is 3. The van der Waals surface area contributed by atoms with Gasteiger partial charge in [-0.25, -0.2) is 0 Å². The Bertz CT molecular complexity index is 734. The Morgan fingerprint density at radius 3 is 2.48 bits per heavy atom. The van der Waals surface area contributed by atoms with Crippen LogP contribution in [-0.4, -0.2) is 54.9 Å². The van der Waals surface area contributed by atoms with Gasteiger partial charge in [-0.1, -0.05) is 13.5 Å². The number of aryl methyl sites for hydroxylation is 2. The van der Waals surface area contributed by atoms with Gasteiger partial charge in [0.1, 0.15) is 0 Å². The van der Waals surface area contributed by atoms with Gasteiger partial charge in [-0.2, -0.15) is 18.3 Å².